The molecule has 0 atom stereocenters. The van der Waals surface area contributed by atoms with Crippen LogP contribution < -0.4 is 4.74 Å². The molecule has 0 aliphatic heterocycles. The number of ether oxygens (including phenoxy) is 1. The molecule has 0 aliphatic carbocycles. The topological polar surface area (TPSA) is 44.9 Å². The fourth-order valence-corrected chi connectivity index (χ4v) is 7.29. The summed E-state index contributed by atoms with van der Waals surface area (Å²) in [6, 6.07) is 33.0. The standard InChI is InChI=1S/C46H48N4O.Pd/c1-27(2)33-18-19-47-43(24-33)49-41-15-13-12-14-39(41)40-17-16-37(26-42(40)49)51-38-23-34(28(3)4)22-36(25-38)50-32(8)45(31(7)48-50)44-29(5)20-35(21-30(44)6)46(9,10)11;/h12-24,27-28H,1-11H3;/q-2;+2. The second-order valence-corrected chi connectivity index (χ2v) is 15.7. The molecule has 3 aromatic heterocycles. The van der Waals surface area contributed by atoms with E-state index in [1.165, 1.54) is 33.4 Å². The largest absolute Gasteiger partial charge is 2.00 e. The number of nitrogens with zero attached hydrogens (tertiary/aromatic N) is 4. The molecule has 0 fully saturated rings. The van der Waals surface area contributed by atoms with Crippen LogP contribution >= 0.6 is 0 Å². The Morgan fingerprint density at radius 3 is 2.08 bits per heavy atom. The molecule has 0 radical (unpaired) electrons. The van der Waals surface area contributed by atoms with E-state index in [2.05, 4.69) is 160 Å². The molecule has 52 heavy (non-hydrogen) atoms. The zero-order valence-corrected chi connectivity index (χ0v) is 33.7. The molecule has 0 N–H and O–H groups in total. The second kappa shape index (κ2) is 14.1. The minimum Gasteiger partial charge on any atom is -0.509 e. The van der Waals surface area contributed by atoms with Gasteiger partial charge in [-0.25, -0.2) is 4.98 Å². The Kier molecular flexibility index (Phi) is 10.1. The number of hydrogen-bond donors (Lipinski definition) is 0. The SMILES string of the molecule is Cc1cc(C(C)(C)C)cc(C)c1-c1c(C)nn(-c2[c-]c(Oc3[c-]c4c(cc3)c3ccccc3n4-c3cc(C(C)C)ccn3)cc(C(C)C)c2)c1C.[Pd+2]. The summed E-state index contributed by atoms with van der Waals surface area (Å²) in [5.41, 5.74) is 13.7. The van der Waals surface area contributed by atoms with Crippen LogP contribution in [0.2, 0.25) is 0 Å². The molecule has 0 saturated carbocycles. The molecule has 6 heteroatoms. The van der Waals surface area contributed by atoms with Gasteiger partial charge in [-0.1, -0.05) is 84.3 Å². The number of fused-ring (bicyclic) bond motifs is 3. The maximum absolute atomic E-state index is 6.65. The summed E-state index contributed by atoms with van der Waals surface area (Å²) in [7, 11) is 0. The number of hydrogen-bond acceptors (Lipinski definition) is 3. The van der Waals surface area contributed by atoms with Crippen LogP contribution in [0.1, 0.15) is 99.5 Å². The maximum Gasteiger partial charge on any atom is 2.00 e. The third-order valence-corrected chi connectivity index (χ3v) is 10.1. The molecule has 7 rings (SSSR count). The monoisotopic (exact) mass is 778 g/mol. The minimum absolute atomic E-state index is 0. The van der Waals surface area contributed by atoms with Gasteiger partial charge in [0, 0.05) is 34.5 Å². The van der Waals surface area contributed by atoms with Gasteiger partial charge in [-0.2, -0.15) is 11.2 Å². The number of rotatable bonds is 7. The Balaban J connectivity index is 0.00000464. The average molecular weight is 779 g/mol. The summed E-state index contributed by atoms with van der Waals surface area (Å²) in [4.78, 5) is 4.81. The molecular formula is C46H48N4OPd. The van der Waals surface area contributed by atoms with Crippen molar-refractivity contribution in [3.8, 4) is 34.1 Å². The van der Waals surface area contributed by atoms with E-state index in [4.69, 9.17) is 14.8 Å². The zero-order valence-electron chi connectivity index (χ0n) is 32.2. The molecule has 268 valence electrons. The summed E-state index contributed by atoms with van der Waals surface area (Å²) >= 11 is 0. The smallest absolute Gasteiger partial charge is 0.509 e. The Labute approximate surface area is 322 Å². The number of aromatic nitrogens is 4. The molecular weight excluding hydrogens is 731 g/mol. The van der Waals surface area contributed by atoms with Crippen molar-refractivity contribution in [2.75, 3.05) is 0 Å². The van der Waals surface area contributed by atoms with Crippen LogP contribution in [-0.2, 0) is 25.8 Å². The third kappa shape index (κ3) is 6.75. The van der Waals surface area contributed by atoms with E-state index in [0.717, 1.165) is 50.3 Å². The van der Waals surface area contributed by atoms with Crippen LogP contribution in [0.4, 0.5) is 0 Å². The van der Waals surface area contributed by atoms with Gasteiger partial charge in [-0.3, -0.25) is 4.68 Å². The van der Waals surface area contributed by atoms with Crippen LogP contribution in [0.5, 0.6) is 11.5 Å². The normalized spacial score (nSPS) is 11.9. The predicted octanol–water partition coefficient (Wildman–Crippen LogP) is 12.2. The van der Waals surface area contributed by atoms with E-state index in [9.17, 15) is 0 Å². The van der Waals surface area contributed by atoms with Gasteiger partial charge >= 0.3 is 20.4 Å². The van der Waals surface area contributed by atoms with Crippen molar-refractivity contribution in [2.24, 2.45) is 0 Å². The van der Waals surface area contributed by atoms with Crippen molar-refractivity contribution in [3.05, 3.63) is 130 Å². The van der Waals surface area contributed by atoms with Crippen LogP contribution in [0.25, 0.3) is 44.4 Å². The molecule has 5 nitrogen and oxygen atoms in total. The van der Waals surface area contributed by atoms with Crippen molar-refractivity contribution in [1.82, 2.24) is 19.3 Å². The maximum atomic E-state index is 6.65. The molecule has 0 amide bonds. The second-order valence-electron chi connectivity index (χ2n) is 15.7. The Bertz CT molecular complexity index is 2420. The number of pyridine rings is 1. The zero-order chi connectivity index (χ0) is 36.4. The average Bonchev–Trinajstić information content (AvgIpc) is 3.56. The third-order valence-electron chi connectivity index (χ3n) is 10.1. The molecule has 7 aromatic rings. The number of para-hydroxylation sites is 1. The van der Waals surface area contributed by atoms with Gasteiger partial charge in [0.25, 0.3) is 0 Å². The van der Waals surface area contributed by atoms with E-state index < -0.39 is 0 Å². The van der Waals surface area contributed by atoms with E-state index in [1.54, 1.807) is 0 Å². The van der Waals surface area contributed by atoms with Gasteiger partial charge in [0.05, 0.1) is 5.69 Å². The summed E-state index contributed by atoms with van der Waals surface area (Å²) in [5.74, 6) is 2.79. The van der Waals surface area contributed by atoms with Crippen molar-refractivity contribution < 1.29 is 25.2 Å². The van der Waals surface area contributed by atoms with E-state index in [-0.39, 0.29) is 31.8 Å². The first-order chi connectivity index (χ1) is 24.2. The molecule has 3 heterocycles. The summed E-state index contributed by atoms with van der Waals surface area (Å²) < 4.78 is 10.9. The van der Waals surface area contributed by atoms with Gasteiger partial charge < -0.3 is 9.30 Å². The van der Waals surface area contributed by atoms with Gasteiger partial charge in [0.2, 0.25) is 0 Å². The van der Waals surface area contributed by atoms with Crippen molar-refractivity contribution in [2.45, 2.75) is 93.4 Å². The molecule has 0 spiro atoms. The predicted molar refractivity (Wildman–Crippen MR) is 211 cm³/mol. The summed E-state index contributed by atoms with van der Waals surface area (Å²) in [6.45, 7) is 24.3. The molecule has 0 saturated heterocycles. The number of benzene rings is 4. The Morgan fingerprint density at radius 1 is 0.712 bits per heavy atom. The van der Waals surface area contributed by atoms with Gasteiger partial charge in [-0.15, -0.1) is 41.3 Å². The first-order valence-electron chi connectivity index (χ1n) is 18.1. The van der Waals surface area contributed by atoms with Crippen LogP contribution in [-0.4, -0.2) is 19.3 Å². The first-order valence-corrected chi connectivity index (χ1v) is 18.1. The Morgan fingerprint density at radius 2 is 1.40 bits per heavy atom. The molecule has 0 unspecified atom stereocenters. The minimum atomic E-state index is 0. The van der Waals surface area contributed by atoms with E-state index in [1.807, 2.05) is 16.9 Å². The molecule has 4 aromatic carbocycles. The fourth-order valence-electron chi connectivity index (χ4n) is 7.29. The molecule has 0 aliphatic rings. The van der Waals surface area contributed by atoms with Crippen molar-refractivity contribution in [1.29, 1.82) is 0 Å². The van der Waals surface area contributed by atoms with E-state index >= 15 is 0 Å². The van der Waals surface area contributed by atoms with Gasteiger partial charge in [0.15, 0.2) is 0 Å². The van der Waals surface area contributed by atoms with Crippen LogP contribution in [0.3, 0.4) is 0 Å². The van der Waals surface area contributed by atoms with Crippen LogP contribution in [0, 0.1) is 39.8 Å². The number of aryl methyl sites for hydroxylation is 3. The van der Waals surface area contributed by atoms with Gasteiger partial charge in [-0.05, 0) is 102 Å². The van der Waals surface area contributed by atoms with Crippen molar-refractivity contribution in [3.63, 3.8) is 0 Å². The quantitative estimate of drug-likeness (QED) is 0.120. The molecule has 0 bridgehead atoms. The Hall–Kier alpha value is -4.50. The van der Waals surface area contributed by atoms with Crippen molar-refractivity contribution >= 4 is 21.8 Å². The summed E-state index contributed by atoms with van der Waals surface area (Å²) in [5, 5.41) is 7.36. The summed E-state index contributed by atoms with van der Waals surface area (Å²) in [6.07, 6.45) is 1.90. The van der Waals surface area contributed by atoms with E-state index in [0.29, 0.717) is 17.4 Å². The first kappa shape index (κ1) is 37.3. The van der Waals surface area contributed by atoms with Gasteiger partial charge in [0.1, 0.15) is 5.82 Å². The van der Waals surface area contributed by atoms with Crippen LogP contribution in [0.15, 0.2) is 79.0 Å². The fraction of sp³-hybridized carbons (Fsp3) is 0.304.